The van der Waals surface area contributed by atoms with E-state index in [9.17, 15) is 8.78 Å². The molecule has 0 aliphatic carbocycles. The highest BCUT2D eigenvalue weighted by molar-refractivity contribution is 5.91. The molecule has 0 radical (unpaired) electrons. The van der Waals surface area contributed by atoms with Crippen LogP contribution >= 0.6 is 0 Å². The number of aromatic amines is 1. The van der Waals surface area contributed by atoms with E-state index >= 15 is 0 Å². The molecule has 11 heteroatoms. The lowest BCUT2D eigenvalue weighted by atomic mass is 10.2. The first-order valence-electron chi connectivity index (χ1n) is 9.42. The molecule has 32 heavy (non-hydrogen) atoms. The molecule has 0 bridgehead atoms. The molecule has 2 aromatic carbocycles. The molecule has 2 heterocycles. The van der Waals surface area contributed by atoms with Crippen molar-refractivity contribution >= 4 is 34.2 Å². The fourth-order valence-corrected chi connectivity index (χ4v) is 3.24. The Hall–Kier alpha value is -4.15. The molecule has 0 saturated carbocycles. The molecular weight excluding hydrogens is 422 g/mol. The van der Waals surface area contributed by atoms with Gasteiger partial charge < -0.3 is 24.4 Å². The molecule has 166 valence electrons. The van der Waals surface area contributed by atoms with Gasteiger partial charge in [-0.3, -0.25) is 5.10 Å². The molecule has 0 atom stereocenters. The summed E-state index contributed by atoms with van der Waals surface area (Å²) in [5, 5.41) is 10.4. The molecule has 0 aliphatic heterocycles. The number of anilines is 4. The normalized spacial score (nSPS) is 10.8. The Morgan fingerprint density at radius 1 is 0.969 bits per heavy atom. The van der Waals surface area contributed by atoms with Crippen LogP contribution < -0.4 is 24.4 Å². The van der Waals surface area contributed by atoms with E-state index in [2.05, 4.69) is 25.5 Å². The number of nitrogens with zero attached hydrogens (tertiary/aromatic N) is 4. The molecule has 9 nitrogen and oxygen atoms in total. The SMILES string of the molecule is COc1cc(Nc2nccc(N(C)c3n[nH]c4cc(F)c(F)cc34)n2)cc(OC)c1OC. The highest BCUT2D eigenvalue weighted by atomic mass is 19.2. The maximum Gasteiger partial charge on any atom is 0.229 e. The Labute approximate surface area is 182 Å². The molecule has 4 rings (SSSR count). The van der Waals surface area contributed by atoms with Gasteiger partial charge in [0.05, 0.1) is 26.8 Å². The molecule has 0 aliphatic rings. The minimum atomic E-state index is -0.957. The van der Waals surface area contributed by atoms with Crippen molar-refractivity contribution in [3.05, 3.63) is 48.2 Å². The zero-order chi connectivity index (χ0) is 22.8. The Bertz CT molecular complexity index is 1250. The summed E-state index contributed by atoms with van der Waals surface area (Å²) in [4.78, 5) is 10.4. The summed E-state index contributed by atoms with van der Waals surface area (Å²) in [6, 6.07) is 7.27. The lowest BCUT2D eigenvalue weighted by Gasteiger charge is -2.17. The fraction of sp³-hybridized carbons (Fsp3) is 0.190. The van der Waals surface area contributed by atoms with Crippen LogP contribution in [0.25, 0.3) is 10.9 Å². The first-order chi connectivity index (χ1) is 15.4. The van der Waals surface area contributed by atoms with E-state index in [0.717, 1.165) is 12.1 Å². The van der Waals surface area contributed by atoms with Crippen molar-refractivity contribution in [2.24, 2.45) is 0 Å². The minimum absolute atomic E-state index is 0.292. The van der Waals surface area contributed by atoms with Gasteiger partial charge in [-0.2, -0.15) is 10.1 Å². The predicted molar refractivity (Wildman–Crippen MR) is 115 cm³/mol. The van der Waals surface area contributed by atoms with Gasteiger partial charge in [0, 0.05) is 42.5 Å². The maximum absolute atomic E-state index is 13.8. The van der Waals surface area contributed by atoms with Gasteiger partial charge in [0.15, 0.2) is 29.0 Å². The number of nitrogens with one attached hydrogen (secondary N) is 2. The molecule has 0 fully saturated rings. The van der Waals surface area contributed by atoms with Crippen LogP contribution in [-0.4, -0.2) is 48.5 Å². The summed E-state index contributed by atoms with van der Waals surface area (Å²) in [7, 11) is 6.28. The Morgan fingerprint density at radius 3 is 2.31 bits per heavy atom. The number of halogens is 2. The number of methoxy groups -OCH3 is 3. The van der Waals surface area contributed by atoms with Gasteiger partial charge in [-0.15, -0.1) is 0 Å². The van der Waals surface area contributed by atoms with Crippen LogP contribution in [0.2, 0.25) is 0 Å². The number of benzene rings is 2. The highest BCUT2D eigenvalue weighted by Gasteiger charge is 2.17. The van der Waals surface area contributed by atoms with Crippen molar-refractivity contribution in [1.29, 1.82) is 0 Å². The summed E-state index contributed by atoms with van der Waals surface area (Å²) < 4.78 is 43.3. The van der Waals surface area contributed by atoms with Gasteiger partial charge in [-0.25, -0.2) is 13.8 Å². The smallest absolute Gasteiger partial charge is 0.229 e. The summed E-state index contributed by atoms with van der Waals surface area (Å²) in [5.74, 6) is 0.657. The summed E-state index contributed by atoms with van der Waals surface area (Å²) in [6.45, 7) is 0. The molecule has 2 N–H and O–H groups in total. The third kappa shape index (κ3) is 3.80. The number of H-pyrrole nitrogens is 1. The number of fused-ring (bicyclic) bond motifs is 1. The number of ether oxygens (including phenoxy) is 3. The van der Waals surface area contributed by atoms with E-state index < -0.39 is 11.6 Å². The minimum Gasteiger partial charge on any atom is -0.493 e. The van der Waals surface area contributed by atoms with Crippen molar-refractivity contribution in [2.45, 2.75) is 0 Å². The Kier molecular flexibility index (Phi) is 5.63. The molecule has 2 aromatic heterocycles. The van der Waals surface area contributed by atoms with Crippen LogP contribution in [0.3, 0.4) is 0 Å². The Morgan fingerprint density at radius 2 is 1.66 bits per heavy atom. The number of hydrogen-bond acceptors (Lipinski definition) is 8. The van der Waals surface area contributed by atoms with Crippen molar-refractivity contribution in [2.75, 3.05) is 38.6 Å². The van der Waals surface area contributed by atoms with E-state index in [1.165, 1.54) is 21.3 Å². The highest BCUT2D eigenvalue weighted by Crippen LogP contribution is 2.40. The molecule has 0 spiro atoms. The van der Waals surface area contributed by atoms with Crippen LogP contribution in [0.15, 0.2) is 36.5 Å². The quantitative estimate of drug-likeness (QED) is 0.440. The van der Waals surface area contributed by atoms with Crippen LogP contribution in [0.5, 0.6) is 17.2 Å². The third-order valence-corrected chi connectivity index (χ3v) is 4.81. The molecule has 0 unspecified atom stereocenters. The number of aromatic nitrogens is 4. The zero-order valence-electron chi connectivity index (χ0n) is 17.7. The lowest BCUT2D eigenvalue weighted by molar-refractivity contribution is 0.324. The fourth-order valence-electron chi connectivity index (χ4n) is 3.24. The Balaban J connectivity index is 1.65. The first-order valence-corrected chi connectivity index (χ1v) is 9.42. The second kappa shape index (κ2) is 8.53. The first kappa shape index (κ1) is 21.1. The van der Waals surface area contributed by atoms with Crippen molar-refractivity contribution in [3.8, 4) is 17.2 Å². The van der Waals surface area contributed by atoms with Gasteiger partial charge in [0.2, 0.25) is 11.7 Å². The monoisotopic (exact) mass is 442 g/mol. The second-order valence-electron chi connectivity index (χ2n) is 6.70. The molecular formula is C21H20F2N6O3. The van der Waals surface area contributed by atoms with E-state index in [0.29, 0.717) is 51.4 Å². The molecule has 0 amide bonds. The van der Waals surface area contributed by atoms with E-state index in [1.807, 2.05) is 0 Å². The van der Waals surface area contributed by atoms with E-state index in [1.54, 1.807) is 36.3 Å². The number of hydrogen-bond donors (Lipinski definition) is 2. The third-order valence-electron chi connectivity index (χ3n) is 4.81. The van der Waals surface area contributed by atoms with Crippen molar-refractivity contribution in [3.63, 3.8) is 0 Å². The van der Waals surface area contributed by atoms with Gasteiger partial charge >= 0.3 is 0 Å². The van der Waals surface area contributed by atoms with Crippen molar-refractivity contribution in [1.82, 2.24) is 20.2 Å². The predicted octanol–water partition coefficient (Wildman–Crippen LogP) is 4.17. The van der Waals surface area contributed by atoms with Crippen LogP contribution in [0.4, 0.5) is 32.1 Å². The number of rotatable bonds is 7. The van der Waals surface area contributed by atoms with Gasteiger partial charge in [-0.05, 0) is 12.1 Å². The van der Waals surface area contributed by atoms with Gasteiger partial charge in [0.25, 0.3) is 0 Å². The largest absolute Gasteiger partial charge is 0.493 e. The van der Waals surface area contributed by atoms with Crippen LogP contribution in [0.1, 0.15) is 0 Å². The maximum atomic E-state index is 13.8. The van der Waals surface area contributed by atoms with Crippen LogP contribution in [0, 0.1) is 11.6 Å². The average Bonchev–Trinajstić information content (AvgIpc) is 3.20. The summed E-state index contributed by atoms with van der Waals surface area (Å²) in [6.07, 6.45) is 1.56. The van der Waals surface area contributed by atoms with Crippen molar-refractivity contribution < 1.29 is 23.0 Å². The molecule has 4 aromatic rings. The second-order valence-corrected chi connectivity index (χ2v) is 6.70. The van der Waals surface area contributed by atoms with E-state index in [4.69, 9.17) is 14.2 Å². The van der Waals surface area contributed by atoms with Gasteiger partial charge in [-0.1, -0.05) is 0 Å². The average molecular weight is 442 g/mol. The van der Waals surface area contributed by atoms with E-state index in [-0.39, 0.29) is 0 Å². The summed E-state index contributed by atoms with van der Waals surface area (Å²) >= 11 is 0. The van der Waals surface area contributed by atoms with Crippen LogP contribution in [-0.2, 0) is 0 Å². The molecule has 0 saturated heterocycles. The standard InChI is InChI=1S/C21H20F2N6O3/c1-29(20-12-9-13(22)14(23)10-15(12)27-28-20)18-5-6-24-21(26-18)25-11-7-16(30-2)19(32-4)17(8-11)31-3/h5-10H,1-4H3,(H,27,28)(H,24,25,26). The van der Waals surface area contributed by atoms with Gasteiger partial charge in [0.1, 0.15) is 5.82 Å². The topological polar surface area (TPSA) is 97.4 Å². The zero-order valence-corrected chi connectivity index (χ0v) is 17.7. The summed E-state index contributed by atoms with van der Waals surface area (Å²) in [5.41, 5.74) is 0.984. The lowest BCUT2D eigenvalue weighted by Crippen LogP contribution is -2.13.